The van der Waals surface area contributed by atoms with Gasteiger partial charge >= 0.3 is 0 Å². The monoisotopic (exact) mass is 368 g/mol. The minimum atomic E-state index is 0.0864. The topological polar surface area (TPSA) is 3.88 Å². The van der Waals surface area contributed by atoms with Crippen LogP contribution >= 0.6 is 0 Å². The summed E-state index contributed by atoms with van der Waals surface area (Å²) in [4.78, 5) is 0. The predicted molar refractivity (Wildman–Crippen MR) is 121 cm³/mol. The van der Waals surface area contributed by atoms with Crippen molar-refractivity contribution in [1.29, 1.82) is 0 Å². The fourth-order valence-corrected chi connectivity index (χ4v) is 4.43. The molecule has 1 heterocycles. The first-order chi connectivity index (χ1) is 13.2. The fraction of sp³-hybridized carbons (Fsp3) is 0.296. The average molecular weight is 369 g/mol. The molecule has 0 N–H and O–H groups in total. The van der Waals surface area contributed by atoms with Crippen LogP contribution in [0.2, 0.25) is 0 Å². The smallest absolute Gasteiger partial charge is 0.194 e. The van der Waals surface area contributed by atoms with Crippen molar-refractivity contribution in [3.8, 4) is 11.3 Å². The Kier molecular flexibility index (Phi) is 4.30. The number of hydrogen-bond donors (Lipinski definition) is 0. The third-order valence-electron chi connectivity index (χ3n) is 6.05. The molecule has 4 rings (SSSR count). The van der Waals surface area contributed by atoms with Crippen molar-refractivity contribution in [2.75, 3.05) is 0 Å². The van der Waals surface area contributed by atoms with Gasteiger partial charge in [0.25, 0.3) is 0 Å². The molecule has 1 heteroatoms. The lowest BCUT2D eigenvalue weighted by molar-refractivity contribution is -0.633. The molecule has 0 saturated heterocycles. The molecule has 3 aromatic carbocycles. The van der Waals surface area contributed by atoms with Gasteiger partial charge in [-0.05, 0) is 71.3 Å². The molecule has 1 nitrogen and oxygen atoms in total. The van der Waals surface area contributed by atoms with Crippen LogP contribution in [0.5, 0.6) is 0 Å². The molecule has 0 aliphatic rings. The average Bonchev–Trinajstić information content (AvgIpc) is 2.64. The van der Waals surface area contributed by atoms with Gasteiger partial charge < -0.3 is 0 Å². The van der Waals surface area contributed by atoms with E-state index >= 15 is 0 Å². The summed E-state index contributed by atoms with van der Waals surface area (Å²) in [5.74, 6) is 0. The lowest BCUT2D eigenvalue weighted by Crippen LogP contribution is -2.33. The molecule has 1 aromatic heterocycles. The van der Waals surface area contributed by atoms with Crippen molar-refractivity contribution >= 4 is 21.7 Å². The van der Waals surface area contributed by atoms with Crippen molar-refractivity contribution in [2.45, 2.75) is 47.0 Å². The summed E-state index contributed by atoms with van der Waals surface area (Å²) in [6.45, 7) is 13.6. The van der Waals surface area contributed by atoms with Crippen LogP contribution in [0.3, 0.4) is 0 Å². The maximum atomic E-state index is 2.42. The van der Waals surface area contributed by atoms with E-state index in [-0.39, 0.29) is 5.41 Å². The molecular weight excluding hydrogens is 338 g/mol. The Morgan fingerprint density at radius 1 is 0.750 bits per heavy atom. The van der Waals surface area contributed by atoms with Crippen LogP contribution in [-0.4, -0.2) is 0 Å². The van der Waals surface area contributed by atoms with E-state index in [4.69, 9.17) is 0 Å². The third-order valence-corrected chi connectivity index (χ3v) is 6.05. The van der Waals surface area contributed by atoms with Crippen LogP contribution in [0, 0.1) is 20.8 Å². The Balaban J connectivity index is 2.13. The second-order valence-electron chi connectivity index (χ2n) is 9.18. The van der Waals surface area contributed by atoms with E-state index in [1.54, 1.807) is 0 Å². The number of rotatable bonds is 1. The van der Waals surface area contributed by atoms with E-state index < -0.39 is 0 Å². The second-order valence-corrected chi connectivity index (χ2v) is 9.18. The molecule has 0 unspecified atom stereocenters. The van der Waals surface area contributed by atoms with E-state index in [2.05, 4.69) is 108 Å². The highest BCUT2D eigenvalue weighted by atomic mass is 14.9. The van der Waals surface area contributed by atoms with Gasteiger partial charge in [0.2, 0.25) is 11.2 Å². The van der Waals surface area contributed by atoms with Crippen LogP contribution < -0.4 is 4.57 Å². The van der Waals surface area contributed by atoms with E-state index in [1.165, 1.54) is 55.2 Å². The van der Waals surface area contributed by atoms with Gasteiger partial charge in [0.15, 0.2) is 0 Å². The van der Waals surface area contributed by atoms with Gasteiger partial charge in [0.05, 0.1) is 0 Å². The first-order valence-electron chi connectivity index (χ1n) is 10.1. The summed E-state index contributed by atoms with van der Waals surface area (Å²) in [5.41, 5.74) is 9.37. The number of nitrogens with zero attached hydrogens (tertiary/aromatic N) is 1. The Morgan fingerprint density at radius 2 is 1.43 bits per heavy atom. The van der Waals surface area contributed by atoms with Crippen molar-refractivity contribution in [2.24, 2.45) is 7.05 Å². The molecule has 0 bridgehead atoms. The minimum Gasteiger partial charge on any atom is -0.194 e. The van der Waals surface area contributed by atoms with Gasteiger partial charge in [-0.1, -0.05) is 51.1 Å². The first kappa shape index (κ1) is 18.7. The maximum absolute atomic E-state index is 2.42. The highest BCUT2D eigenvalue weighted by molar-refractivity contribution is 5.94. The predicted octanol–water partition coefficient (Wildman–Crippen LogP) is 6.71. The summed E-state index contributed by atoms with van der Waals surface area (Å²) in [6, 6.07) is 20.4. The number of benzene rings is 3. The van der Waals surface area contributed by atoms with Crippen LogP contribution in [0.25, 0.3) is 32.9 Å². The van der Waals surface area contributed by atoms with Crippen molar-refractivity contribution in [1.82, 2.24) is 0 Å². The van der Waals surface area contributed by atoms with E-state index in [9.17, 15) is 0 Å². The van der Waals surface area contributed by atoms with Crippen molar-refractivity contribution in [3.63, 3.8) is 0 Å². The quantitative estimate of drug-likeness (QED) is 0.329. The van der Waals surface area contributed by atoms with Crippen LogP contribution in [0.4, 0.5) is 0 Å². The molecular formula is C27H30N+. The number of hydrogen-bond acceptors (Lipinski definition) is 0. The zero-order chi connectivity index (χ0) is 20.2. The van der Waals surface area contributed by atoms with E-state index in [0.717, 1.165) is 0 Å². The van der Waals surface area contributed by atoms with Crippen molar-refractivity contribution < 1.29 is 4.57 Å². The lowest BCUT2D eigenvalue weighted by atomic mass is 9.80. The fourth-order valence-electron chi connectivity index (χ4n) is 4.43. The number of fused-ring (bicyclic) bond motifs is 2. The Labute approximate surface area is 168 Å². The molecule has 142 valence electrons. The lowest BCUT2D eigenvalue weighted by Gasteiger charge is -2.24. The van der Waals surface area contributed by atoms with Gasteiger partial charge in [0.1, 0.15) is 7.05 Å². The summed E-state index contributed by atoms with van der Waals surface area (Å²) >= 11 is 0. The molecule has 0 fully saturated rings. The van der Waals surface area contributed by atoms with Crippen LogP contribution in [-0.2, 0) is 12.5 Å². The molecule has 0 saturated carbocycles. The minimum absolute atomic E-state index is 0.0864. The standard InChI is InChI=1S/C27H30N/c1-17-12-13-20-18(2)15-26(28(7)25(20)14-17)23-16-24(27(4,5)6)22-11-9-8-10-21(22)19(23)3/h8-16H,1-7H3/q+1. The second kappa shape index (κ2) is 6.44. The largest absolute Gasteiger partial charge is 0.213 e. The zero-order valence-electron chi connectivity index (χ0n) is 18.1. The van der Waals surface area contributed by atoms with Crippen LogP contribution in [0.15, 0.2) is 54.6 Å². The summed E-state index contributed by atoms with van der Waals surface area (Å²) in [6.07, 6.45) is 0. The Morgan fingerprint density at radius 3 is 2.11 bits per heavy atom. The summed E-state index contributed by atoms with van der Waals surface area (Å²) < 4.78 is 2.36. The number of aromatic nitrogens is 1. The van der Waals surface area contributed by atoms with Crippen molar-refractivity contribution in [3.05, 3.63) is 76.9 Å². The molecule has 4 aromatic rings. The van der Waals surface area contributed by atoms with Crippen LogP contribution in [0.1, 0.15) is 43.0 Å². The summed E-state index contributed by atoms with van der Waals surface area (Å²) in [5, 5.41) is 4.05. The molecule has 0 radical (unpaired) electrons. The highest BCUT2D eigenvalue weighted by Gasteiger charge is 2.24. The molecule has 28 heavy (non-hydrogen) atoms. The van der Waals surface area contributed by atoms with Gasteiger partial charge in [-0.15, -0.1) is 0 Å². The maximum Gasteiger partial charge on any atom is 0.213 e. The number of pyridine rings is 1. The van der Waals surface area contributed by atoms with Gasteiger partial charge in [0, 0.05) is 23.1 Å². The van der Waals surface area contributed by atoms with Gasteiger partial charge in [-0.3, -0.25) is 0 Å². The highest BCUT2D eigenvalue weighted by Crippen LogP contribution is 2.37. The van der Waals surface area contributed by atoms with E-state index in [0.29, 0.717) is 0 Å². The zero-order valence-corrected chi connectivity index (χ0v) is 18.1. The molecule has 0 aliphatic carbocycles. The number of aryl methyl sites for hydroxylation is 4. The SMILES string of the molecule is Cc1ccc2c(C)cc(-c3cc(C(C)(C)C)c4ccccc4c3C)[n+](C)c2c1. The molecule has 0 amide bonds. The molecule has 0 aliphatic heterocycles. The Bertz CT molecular complexity index is 1220. The van der Waals surface area contributed by atoms with E-state index in [1.807, 2.05) is 0 Å². The normalized spacial score (nSPS) is 12.1. The van der Waals surface area contributed by atoms with Gasteiger partial charge in [-0.2, -0.15) is 4.57 Å². The van der Waals surface area contributed by atoms with Gasteiger partial charge in [-0.25, -0.2) is 0 Å². The summed E-state index contributed by atoms with van der Waals surface area (Å²) in [7, 11) is 2.20. The first-order valence-corrected chi connectivity index (χ1v) is 10.1. The molecule has 0 spiro atoms. The molecule has 0 atom stereocenters. The Hall–Kier alpha value is -2.67. The third kappa shape index (κ3) is 2.90.